The number of unbranched alkanes of at least 4 members (excludes halogenated alkanes) is 3. The molecule has 0 nitrogen and oxygen atoms in total. The minimum absolute atomic E-state index is 0.441. The van der Waals surface area contributed by atoms with Gasteiger partial charge in [-0.05, 0) is 0 Å². The fourth-order valence-corrected chi connectivity index (χ4v) is 5.48. The molecular weight excluding hydrogens is 424 g/mol. The second kappa shape index (κ2) is 12.3. The number of hydrogen-bond donors (Lipinski definition) is 0. The zero-order chi connectivity index (χ0) is 16.9. The molecule has 2 aromatic carbocycles. The zero-order valence-corrected chi connectivity index (χ0v) is 17.3. The van der Waals surface area contributed by atoms with Gasteiger partial charge in [0.25, 0.3) is 0 Å². The van der Waals surface area contributed by atoms with Gasteiger partial charge < -0.3 is 0 Å². The first-order valence-corrected chi connectivity index (χ1v) is 11.8. The summed E-state index contributed by atoms with van der Waals surface area (Å²) in [4.78, 5) is 0. The van der Waals surface area contributed by atoms with Crippen LogP contribution >= 0.6 is 11.8 Å². The van der Waals surface area contributed by atoms with E-state index >= 15 is 0 Å². The van der Waals surface area contributed by atoms with E-state index in [-0.39, 0.29) is 0 Å². The molecule has 0 aliphatic heterocycles. The fourth-order valence-electron chi connectivity index (χ4n) is 2.15. The number of hydrogen-bond acceptors (Lipinski definition) is 1. The Morgan fingerprint density at radius 1 is 1.00 bits per heavy atom. The maximum atomic E-state index is 3.49. The van der Waals surface area contributed by atoms with Crippen molar-refractivity contribution < 1.29 is 0 Å². The molecule has 2 aromatic rings. The van der Waals surface area contributed by atoms with Crippen molar-refractivity contribution in [2.75, 3.05) is 0 Å². The molecule has 0 aliphatic carbocycles. The molecule has 24 heavy (non-hydrogen) atoms. The summed E-state index contributed by atoms with van der Waals surface area (Å²) in [5.41, 5.74) is 2.71. The molecule has 0 spiro atoms. The van der Waals surface area contributed by atoms with Gasteiger partial charge in [-0.1, -0.05) is 0 Å². The molecule has 0 bridgehead atoms. The summed E-state index contributed by atoms with van der Waals surface area (Å²) in [5, 5.41) is 2.34. The molecule has 0 saturated carbocycles. The molecule has 2 heteroatoms. The Morgan fingerprint density at radius 3 is 2.42 bits per heavy atom. The molecule has 0 radical (unpaired) electrons. The second-order valence-electron chi connectivity index (χ2n) is 5.48. The van der Waals surface area contributed by atoms with Crippen LogP contribution in [0.2, 0.25) is 0 Å². The summed E-state index contributed by atoms with van der Waals surface area (Å²) < 4.78 is 4.94. The Hall–Kier alpha value is -1.12. The third kappa shape index (κ3) is 7.63. The van der Waals surface area contributed by atoms with Crippen LogP contribution in [0.4, 0.5) is 0 Å². The minimum atomic E-state index is -0.441. The van der Waals surface area contributed by atoms with E-state index in [1.54, 1.807) is 0 Å². The topological polar surface area (TPSA) is 0 Å². The summed E-state index contributed by atoms with van der Waals surface area (Å²) >= 11 is 1.44. The summed E-state index contributed by atoms with van der Waals surface area (Å²) in [5.74, 6) is 4.41. The van der Waals surface area contributed by atoms with Crippen LogP contribution in [0.3, 0.4) is 0 Å². The van der Waals surface area contributed by atoms with Crippen LogP contribution in [0.1, 0.15) is 43.7 Å². The normalized spacial score (nSPS) is 11.0. The SMILES string of the molecule is CCCCCC#C[Te]/C(=C\SCc1ccccc1)c1ccccc1. The molecular formula is C22H24STe. The van der Waals surface area contributed by atoms with E-state index < -0.39 is 20.9 Å². The van der Waals surface area contributed by atoms with Crippen molar-refractivity contribution in [3.63, 3.8) is 0 Å². The van der Waals surface area contributed by atoms with Gasteiger partial charge in [0.15, 0.2) is 0 Å². The molecule has 0 aliphatic rings. The standard InChI is InChI=1S/C22H24STe/c1-2-3-4-5-12-17-24-22(21-15-10-7-11-16-21)19-23-18-20-13-8-6-9-14-20/h6-11,13-16,19H,2-5,18H2,1H3/b22-19-. The van der Waals surface area contributed by atoms with Crippen molar-refractivity contribution in [2.45, 2.75) is 38.4 Å². The van der Waals surface area contributed by atoms with Crippen molar-refractivity contribution in [2.24, 2.45) is 0 Å². The molecule has 2 rings (SSSR count). The predicted molar refractivity (Wildman–Crippen MR) is 110 cm³/mol. The molecule has 0 unspecified atom stereocenters. The Labute approximate surface area is 161 Å². The van der Waals surface area contributed by atoms with Crippen molar-refractivity contribution in [1.29, 1.82) is 0 Å². The van der Waals surface area contributed by atoms with Gasteiger partial charge >= 0.3 is 162 Å². The van der Waals surface area contributed by atoms with Crippen LogP contribution in [0.5, 0.6) is 0 Å². The zero-order valence-electron chi connectivity index (χ0n) is 14.2. The third-order valence-corrected chi connectivity index (χ3v) is 7.19. The summed E-state index contributed by atoms with van der Waals surface area (Å²) in [6.07, 6.45) is 4.86. The van der Waals surface area contributed by atoms with Gasteiger partial charge in [-0.25, -0.2) is 0 Å². The Kier molecular flexibility index (Phi) is 9.82. The summed E-state index contributed by atoms with van der Waals surface area (Å²) in [6, 6.07) is 21.4. The van der Waals surface area contributed by atoms with Gasteiger partial charge in [-0.3, -0.25) is 0 Å². The summed E-state index contributed by atoms with van der Waals surface area (Å²) in [6.45, 7) is 2.24. The number of rotatable bonds is 8. The van der Waals surface area contributed by atoms with Gasteiger partial charge in [-0.2, -0.15) is 0 Å². The van der Waals surface area contributed by atoms with E-state index in [1.165, 1.54) is 34.0 Å². The fraction of sp³-hybridized carbons (Fsp3) is 0.273. The van der Waals surface area contributed by atoms with Crippen LogP contribution in [-0.4, -0.2) is 20.9 Å². The monoisotopic (exact) mass is 450 g/mol. The molecule has 0 aromatic heterocycles. The average molecular weight is 448 g/mol. The van der Waals surface area contributed by atoms with E-state index in [9.17, 15) is 0 Å². The van der Waals surface area contributed by atoms with Gasteiger partial charge in [0.1, 0.15) is 0 Å². The molecule has 0 atom stereocenters. The Bertz CT molecular complexity index is 665. The van der Waals surface area contributed by atoms with E-state index in [1.807, 2.05) is 11.8 Å². The van der Waals surface area contributed by atoms with Crippen molar-refractivity contribution in [3.8, 4) is 9.89 Å². The van der Waals surface area contributed by atoms with Gasteiger partial charge in [0.2, 0.25) is 0 Å². The number of thioether (sulfide) groups is 1. The second-order valence-corrected chi connectivity index (χ2v) is 8.76. The quantitative estimate of drug-likeness (QED) is 0.265. The van der Waals surface area contributed by atoms with Crippen LogP contribution in [0.15, 0.2) is 66.1 Å². The molecule has 0 N–H and O–H groups in total. The van der Waals surface area contributed by atoms with Crippen molar-refractivity contribution >= 4 is 36.3 Å². The molecule has 0 fully saturated rings. The first-order chi connectivity index (χ1) is 11.9. The van der Waals surface area contributed by atoms with Crippen molar-refractivity contribution in [3.05, 3.63) is 77.2 Å². The van der Waals surface area contributed by atoms with Crippen LogP contribution in [0.25, 0.3) is 3.62 Å². The summed E-state index contributed by atoms with van der Waals surface area (Å²) in [7, 11) is 0. The molecule has 124 valence electrons. The Balaban J connectivity index is 1.96. The molecule has 0 heterocycles. The van der Waals surface area contributed by atoms with Crippen LogP contribution < -0.4 is 0 Å². The predicted octanol–water partition coefficient (Wildman–Crippen LogP) is 6.16. The first-order valence-electron chi connectivity index (χ1n) is 8.46. The molecule has 0 amide bonds. The van der Waals surface area contributed by atoms with Gasteiger partial charge in [0, 0.05) is 0 Å². The van der Waals surface area contributed by atoms with Crippen molar-refractivity contribution in [1.82, 2.24) is 0 Å². The van der Waals surface area contributed by atoms with Gasteiger partial charge in [-0.15, -0.1) is 0 Å². The van der Waals surface area contributed by atoms with E-state index in [4.69, 9.17) is 0 Å². The Morgan fingerprint density at radius 2 is 1.71 bits per heavy atom. The van der Waals surface area contributed by atoms with E-state index in [0.717, 1.165) is 12.2 Å². The maximum absolute atomic E-state index is 3.49. The van der Waals surface area contributed by atoms with Gasteiger partial charge in [0.05, 0.1) is 0 Å². The van der Waals surface area contributed by atoms with E-state index in [0.29, 0.717) is 0 Å². The third-order valence-electron chi connectivity index (χ3n) is 3.48. The molecule has 0 saturated heterocycles. The van der Waals surface area contributed by atoms with E-state index in [2.05, 4.69) is 82.9 Å². The first kappa shape index (κ1) is 19.2. The average Bonchev–Trinajstić information content (AvgIpc) is 2.64. The van der Waals surface area contributed by atoms with Crippen LogP contribution in [-0.2, 0) is 5.75 Å². The number of benzene rings is 2. The van der Waals surface area contributed by atoms with Crippen LogP contribution in [0, 0.1) is 9.89 Å².